The molecule has 0 unspecified atom stereocenters. The van der Waals surface area contributed by atoms with Gasteiger partial charge in [-0.05, 0) is 105 Å². The lowest BCUT2D eigenvalue weighted by Crippen LogP contribution is -2.61. The highest BCUT2D eigenvalue weighted by molar-refractivity contribution is 5.79. The molecule has 4 saturated carbocycles. The highest BCUT2D eigenvalue weighted by Gasteiger charge is 2.62. The number of Topliss-reactive ketones (excluding diaryl/α,β-unsaturated/α-hetero) is 1. The Morgan fingerprint density at radius 2 is 1.83 bits per heavy atom. The summed E-state index contributed by atoms with van der Waals surface area (Å²) in [6.07, 6.45) is 10.4. The normalized spacial score (nSPS) is 47.0. The van der Waals surface area contributed by atoms with Crippen molar-refractivity contribution in [3.63, 3.8) is 0 Å². The maximum atomic E-state index is 12.5. The molecule has 1 saturated heterocycles. The SMILES string of the molecule is CC(=O)[C@H]1CC[C@H]2[C@@H]3CC[C@H]4C[C@H](O)[C@@H](N5CCO[C@@H](Cc6ccccc6)C5)C[C@]4(C)[C@H]3CC[C@]12C. The zero-order valence-corrected chi connectivity index (χ0v) is 22.7. The zero-order chi connectivity index (χ0) is 25.1. The second-order valence-corrected chi connectivity index (χ2v) is 13.7. The molecular formula is C32H47NO3. The molecule has 198 valence electrons. The summed E-state index contributed by atoms with van der Waals surface area (Å²) in [5.41, 5.74) is 1.86. The smallest absolute Gasteiger partial charge is 0.133 e. The number of fused-ring (bicyclic) bond motifs is 5. The maximum absolute atomic E-state index is 12.5. The number of ketones is 1. The molecule has 0 amide bonds. The molecule has 10 atom stereocenters. The molecule has 5 aliphatic rings. The average molecular weight is 494 g/mol. The van der Waals surface area contributed by atoms with E-state index in [1.54, 1.807) is 0 Å². The lowest BCUT2D eigenvalue weighted by atomic mass is 9.44. The Bertz CT molecular complexity index is 950. The van der Waals surface area contributed by atoms with Crippen LogP contribution in [-0.4, -0.2) is 53.7 Å². The first kappa shape index (κ1) is 25.1. The Balaban J connectivity index is 1.19. The first-order valence-electron chi connectivity index (χ1n) is 14.9. The molecule has 36 heavy (non-hydrogen) atoms. The zero-order valence-electron chi connectivity index (χ0n) is 22.7. The highest BCUT2D eigenvalue weighted by Crippen LogP contribution is 2.67. The summed E-state index contributed by atoms with van der Waals surface area (Å²) < 4.78 is 6.19. The third-order valence-electron chi connectivity index (χ3n) is 12.1. The molecule has 0 bridgehead atoms. The number of morpholine rings is 1. The van der Waals surface area contributed by atoms with Gasteiger partial charge in [-0.25, -0.2) is 0 Å². The van der Waals surface area contributed by atoms with Gasteiger partial charge in [-0.3, -0.25) is 9.69 Å². The average Bonchev–Trinajstić information content (AvgIpc) is 3.22. The van der Waals surface area contributed by atoms with Crippen molar-refractivity contribution >= 4 is 5.78 Å². The van der Waals surface area contributed by atoms with Gasteiger partial charge in [0.05, 0.1) is 18.8 Å². The number of nitrogens with zero attached hydrogens (tertiary/aromatic N) is 1. The van der Waals surface area contributed by atoms with Crippen LogP contribution in [-0.2, 0) is 16.0 Å². The van der Waals surface area contributed by atoms with Crippen LogP contribution in [0.3, 0.4) is 0 Å². The van der Waals surface area contributed by atoms with Gasteiger partial charge in [0.2, 0.25) is 0 Å². The molecule has 1 aromatic rings. The van der Waals surface area contributed by atoms with Crippen LogP contribution in [0.15, 0.2) is 30.3 Å². The van der Waals surface area contributed by atoms with Crippen molar-refractivity contribution in [2.45, 2.75) is 96.8 Å². The van der Waals surface area contributed by atoms with Gasteiger partial charge < -0.3 is 9.84 Å². The van der Waals surface area contributed by atoms with Crippen molar-refractivity contribution in [3.8, 4) is 0 Å². The van der Waals surface area contributed by atoms with Crippen molar-refractivity contribution in [3.05, 3.63) is 35.9 Å². The highest BCUT2D eigenvalue weighted by atomic mass is 16.5. The second-order valence-electron chi connectivity index (χ2n) is 13.7. The molecule has 5 fully saturated rings. The van der Waals surface area contributed by atoms with Gasteiger partial charge in [0.15, 0.2) is 0 Å². The van der Waals surface area contributed by atoms with E-state index >= 15 is 0 Å². The van der Waals surface area contributed by atoms with Crippen LogP contribution < -0.4 is 0 Å². The number of carbonyl (C=O) groups is 1. The van der Waals surface area contributed by atoms with E-state index in [2.05, 4.69) is 49.1 Å². The van der Waals surface area contributed by atoms with E-state index in [0.29, 0.717) is 23.0 Å². The van der Waals surface area contributed by atoms with Crippen LogP contribution in [0, 0.1) is 40.4 Å². The minimum atomic E-state index is -0.225. The second kappa shape index (κ2) is 9.50. The van der Waals surface area contributed by atoms with E-state index in [-0.39, 0.29) is 29.6 Å². The molecule has 0 aromatic heterocycles. The minimum absolute atomic E-state index is 0.204. The predicted molar refractivity (Wildman–Crippen MR) is 143 cm³/mol. The number of carbonyl (C=O) groups excluding carboxylic acids is 1. The first-order chi connectivity index (χ1) is 17.3. The Morgan fingerprint density at radius 3 is 2.61 bits per heavy atom. The van der Waals surface area contributed by atoms with Crippen LogP contribution in [0.25, 0.3) is 0 Å². The third-order valence-corrected chi connectivity index (χ3v) is 12.1. The molecule has 1 aliphatic heterocycles. The molecule has 0 spiro atoms. The number of benzene rings is 1. The summed E-state index contributed by atoms with van der Waals surface area (Å²) in [5, 5.41) is 11.4. The molecule has 4 aliphatic carbocycles. The van der Waals surface area contributed by atoms with Crippen LogP contribution in [0.1, 0.15) is 77.7 Å². The Hall–Kier alpha value is -1.23. The summed E-state index contributed by atoms with van der Waals surface area (Å²) in [6.45, 7) is 9.50. The van der Waals surface area contributed by atoms with Crippen molar-refractivity contribution in [2.75, 3.05) is 19.7 Å². The fraction of sp³-hybridized carbons (Fsp3) is 0.781. The van der Waals surface area contributed by atoms with Crippen LogP contribution in [0.4, 0.5) is 0 Å². The summed E-state index contributed by atoms with van der Waals surface area (Å²) in [5.74, 6) is 3.57. The van der Waals surface area contributed by atoms with Crippen molar-refractivity contribution in [2.24, 2.45) is 40.4 Å². The topological polar surface area (TPSA) is 49.8 Å². The number of aliphatic hydroxyl groups excluding tert-OH is 1. The van der Waals surface area contributed by atoms with Crippen LogP contribution in [0.2, 0.25) is 0 Å². The molecule has 0 radical (unpaired) electrons. The van der Waals surface area contributed by atoms with E-state index in [4.69, 9.17) is 4.74 Å². The van der Waals surface area contributed by atoms with E-state index in [1.807, 2.05) is 6.92 Å². The lowest BCUT2D eigenvalue weighted by Gasteiger charge is -2.62. The minimum Gasteiger partial charge on any atom is -0.391 e. The summed E-state index contributed by atoms with van der Waals surface area (Å²) in [7, 11) is 0. The molecular weight excluding hydrogens is 446 g/mol. The molecule has 4 nitrogen and oxygen atoms in total. The van der Waals surface area contributed by atoms with E-state index in [9.17, 15) is 9.90 Å². The van der Waals surface area contributed by atoms with Gasteiger partial charge >= 0.3 is 0 Å². The van der Waals surface area contributed by atoms with Gasteiger partial charge in [0.1, 0.15) is 5.78 Å². The maximum Gasteiger partial charge on any atom is 0.133 e. The molecule has 1 N–H and O–H groups in total. The van der Waals surface area contributed by atoms with Gasteiger partial charge in [0.25, 0.3) is 0 Å². The quantitative estimate of drug-likeness (QED) is 0.600. The van der Waals surface area contributed by atoms with Crippen LogP contribution in [0.5, 0.6) is 0 Å². The molecule has 1 heterocycles. The monoisotopic (exact) mass is 493 g/mol. The fourth-order valence-corrected chi connectivity index (χ4v) is 10.4. The van der Waals surface area contributed by atoms with E-state index in [1.165, 1.54) is 37.7 Å². The standard InChI is InChI=1S/C32H47NO3/c1-21(34)26-11-12-27-25-10-9-23-18-30(35)29(19-32(23,3)28(25)13-14-31(26,27)2)33-15-16-36-24(20-33)17-22-7-5-4-6-8-22/h4-8,23-30,35H,9-20H2,1-3H3/t23-,24-,25-,26+,27-,28-,29-,30-,31+,32-/m0/s1. The number of hydrogen-bond donors (Lipinski definition) is 1. The summed E-state index contributed by atoms with van der Waals surface area (Å²) in [4.78, 5) is 15.1. The van der Waals surface area contributed by atoms with Crippen molar-refractivity contribution in [1.82, 2.24) is 4.90 Å². The lowest BCUT2D eigenvalue weighted by molar-refractivity contribution is -0.160. The van der Waals surface area contributed by atoms with Gasteiger partial charge in [0, 0.05) is 25.0 Å². The van der Waals surface area contributed by atoms with E-state index in [0.717, 1.165) is 57.2 Å². The van der Waals surface area contributed by atoms with Crippen molar-refractivity contribution in [1.29, 1.82) is 0 Å². The van der Waals surface area contributed by atoms with Gasteiger partial charge in [-0.2, -0.15) is 0 Å². The Labute approximate surface area is 218 Å². The first-order valence-corrected chi connectivity index (χ1v) is 14.9. The number of ether oxygens (including phenoxy) is 1. The largest absolute Gasteiger partial charge is 0.391 e. The molecule has 4 heteroatoms. The Morgan fingerprint density at radius 1 is 1.06 bits per heavy atom. The number of aliphatic hydroxyl groups is 1. The van der Waals surface area contributed by atoms with Gasteiger partial charge in [-0.15, -0.1) is 0 Å². The number of rotatable bonds is 4. The fourth-order valence-electron chi connectivity index (χ4n) is 10.4. The predicted octanol–water partition coefficient (Wildman–Crippen LogP) is 5.52. The van der Waals surface area contributed by atoms with Crippen LogP contribution >= 0.6 is 0 Å². The molecule has 1 aromatic carbocycles. The summed E-state index contributed by atoms with van der Waals surface area (Å²) in [6, 6.07) is 10.9. The summed E-state index contributed by atoms with van der Waals surface area (Å²) >= 11 is 0. The van der Waals surface area contributed by atoms with Crippen molar-refractivity contribution < 1.29 is 14.6 Å². The van der Waals surface area contributed by atoms with Gasteiger partial charge in [-0.1, -0.05) is 44.2 Å². The van der Waals surface area contributed by atoms with E-state index < -0.39 is 0 Å². The molecule has 6 rings (SSSR count). The third kappa shape index (κ3) is 4.10. The number of hydrogen-bond acceptors (Lipinski definition) is 4. The Kier molecular flexibility index (Phi) is 6.62.